The fourth-order valence-electron chi connectivity index (χ4n) is 3.71. The van der Waals surface area contributed by atoms with Crippen molar-refractivity contribution in [1.82, 2.24) is 5.32 Å². The SMILES string of the molecule is CCC1CCC(CNC(C)C)C(c2ccccc2C)C1. The van der Waals surface area contributed by atoms with E-state index in [0.29, 0.717) is 6.04 Å². The summed E-state index contributed by atoms with van der Waals surface area (Å²) in [6.45, 7) is 10.3. The molecule has 1 aliphatic carbocycles. The Kier molecular flexibility index (Phi) is 5.65. The molecular weight excluding hydrogens is 242 g/mol. The third-order valence-corrected chi connectivity index (χ3v) is 5.06. The van der Waals surface area contributed by atoms with Crippen LogP contribution in [0.4, 0.5) is 0 Å². The van der Waals surface area contributed by atoms with Crippen molar-refractivity contribution in [2.45, 2.75) is 65.3 Å². The van der Waals surface area contributed by atoms with Gasteiger partial charge in [0.15, 0.2) is 0 Å². The summed E-state index contributed by atoms with van der Waals surface area (Å²) < 4.78 is 0. The summed E-state index contributed by atoms with van der Waals surface area (Å²) in [6.07, 6.45) is 5.53. The molecule has 1 nitrogen and oxygen atoms in total. The van der Waals surface area contributed by atoms with Crippen molar-refractivity contribution in [3.63, 3.8) is 0 Å². The minimum Gasteiger partial charge on any atom is -0.314 e. The number of hydrogen-bond donors (Lipinski definition) is 1. The zero-order valence-electron chi connectivity index (χ0n) is 13.7. The molecule has 0 radical (unpaired) electrons. The normalized spacial score (nSPS) is 26.9. The van der Waals surface area contributed by atoms with Crippen molar-refractivity contribution >= 4 is 0 Å². The molecule has 1 fully saturated rings. The molecule has 0 aliphatic heterocycles. The molecule has 0 heterocycles. The van der Waals surface area contributed by atoms with E-state index in [1.165, 1.54) is 37.8 Å². The molecule has 0 amide bonds. The van der Waals surface area contributed by atoms with Crippen LogP contribution >= 0.6 is 0 Å². The van der Waals surface area contributed by atoms with E-state index in [4.69, 9.17) is 0 Å². The standard InChI is InChI=1S/C19H31N/c1-5-16-10-11-17(13-20-14(2)3)19(12-16)18-9-7-6-8-15(18)4/h6-9,14,16-17,19-20H,5,10-13H2,1-4H3. The Morgan fingerprint density at radius 2 is 1.95 bits per heavy atom. The molecular formula is C19H31N. The van der Waals surface area contributed by atoms with Gasteiger partial charge in [-0.05, 0) is 55.2 Å². The molecule has 0 bridgehead atoms. The van der Waals surface area contributed by atoms with Crippen LogP contribution in [0.25, 0.3) is 0 Å². The molecule has 1 saturated carbocycles. The fraction of sp³-hybridized carbons (Fsp3) is 0.684. The maximum Gasteiger partial charge on any atom is 0.00104 e. The maximum absolute atomic E-state index is 3.67. The van der Waals surface area contributed by atoms with Crippen molar-refractivity contribution in [2.75, 3.05) is 6.54 Å². The zero-order valence-corrected chi connectivity index (χ0v) is 13.7. The molecule has 1 N–H and O–H groups in total. The Morgan fingerprint density at radius 3 is 2.60 bits per heavy atom. The molecule has 1 aromatic carbocycles. The predicted molar refractivity (Wildman–Crippen MR) is 88.2 cm³/mol. The highest BCUT2D eigenvalue weighted by atomic mass is 14.9. The van der Waals surface area contributed by atoms with E-state index in [9.17, 15) is 0 Å². The van der Waals surface area contributed by atoms with Gasteiger partial charge in [-0.1, -0.05) is 57.9 Å². The van der Waals surface area contributed by atoms with Gasteiger partial charge in [0.05, 0.1) is 0 Å². The lowest BCUT2D eigenvalue weighted by Crippen LogP contribution is -2.35. The zero-order chi connectivity index (χ0) is 14.5. The highest BCUT2D eigenvalue weighted by Gasteiger charge is 2.31. The van der Waals surface area contributed by atoms with Crippen molar-refractivity contribution in [3.05, 3.63) is 35.4 Å². The molecule has 0 saturated heterocycles. The van der Waals surface area contributed by atoms with Gasteiger partial charge in [-0.15, -0.1) is 0 Å². The lowest BCUT2D eigenvalue weighted by molar-refractivity contribution is 0.222. The van der Waals surface area contributed by atoms with Gasteiger partial charge in [-0.3, -0.25) is 0 Å². The van der Waals surface area contributed by atoms with Gasteiger partial charge in [0, 0.05) is 6.04 Å². The second-order valence-corrected chi connectivity index (χ2v) is 6.87. The highest BCUT2D eigenvalue weighted by Crippen LogP contribution is 2.42. The van der Waals surface area contributed by atoms with E-state index in [0.717, 1.165) is 17.8 Å². The minimum absolute atomic E-state index is 0.594. The lowest BCUT2D eigenvalue weighted by atomic mass is 9.69. The van der Waals surface area contributed by atoms with Crippen LogP contribution in [0.2, 0.25) is 0 Å². The summed E-state index contributed by atoms with van der Waals surface area (Å²) in [7, 11) is 0. The summed E-state index contributed by atoms with van der Waals surface area (Å²) in [4.78, 5) is 0. The van der Waals surface area contributed by atoms with Crippen LogP contribution in [0.1, 0.15) is 63.5 Å². The third-order valence-electron chi connectivity index (χ3n) is 5.06. The first-order chi connectivity index (χ1) is 9.61. The number of nitrogens with one attached hydrogen (secondary N) is 1. The first-order valence-electron chi connectivity index (χ1n) is 8.40. The van der Waals surface area contributed by atoms with Gasteiger partial charge in [-0.2, -0.15) is 0 Å². The molecule has 0 spiro atoms. The second kappa shape index (κ2) is 7.26. The van der Waals surface area contributed by atoms with E-state index in [1.807, 2.05) is 0 Å². The van der Waals surface area contributed by atoms with Crippen LogP contribution in [-0.2, 0) is 0 Å². The van der Waals surface area contributed by atoms with E-state index < -0.39 is 0 Å². The summed E-state index contributed by atoms with van der Waals surface area (Å²) in [5, 5.41) is 3.67. The minimum atomic E-state index is 0.594. The monoisotopic (exact) mass is 273 g/mol. The van der Waals surface area contributed by atoms with Crippen LogP contribution in [0.15, 0.2) is 24.3 Å². The quantitative estimate of drug-likeness (QED) is 0.804. The van der Waals surface area contributed by atoms with Gasteiger partial charge >= 0.3 is 0 Å². The lowest BCUT2D eigenvalue weighted by Gasteiger charge is -2.37. The third kappa shape index (κ3) is 3.85. The summed E-state index contributed by atoms with van der Waals surface area (Å²) in [5.41, 5.74) is 3.07. The molecule has 3 unspecified atom stereocenters. The Hall–Kier alpha value is -0.820. The molecule has 2 rings (SSSR count). The molecule has 1 heteroatoms. The van der Waals surface area contributed by atoms with Crippen molar-refractivity contribution < 1.29 is 0 Å². The number of rotatable bonds is 5. The molecule has 3 atom stereocenters. The van der Waals surface area contributed by atoms with Crippen LogP contribution in [-0.4, -0.2) is 12.6 Å². The van der Waals surface area contributed by atoms with Gasteiger partial charge in [0.2, 0.25) is 0 Å². The van der Waals surface area contributed by atoms with Crippen molar-refractivity contribution in [3.8, 4) is 0 Å². The van der Waals surface area contributed by atoms with Gasteiger partial charge in [0.1, 0.15) is 0 Å². The number of benzene rings is 1. The first kappa shape index (κ1) is 15.6. The Balaban J connectivity index is 2.15. The van der Waals surface area contributed by atoms with Gasteiger partial charge < -0.3 is 5.32 Å². The highest BCUT2D eigenvalue weighted by molar-refractivity contribution is 5.30. The maximum atomic E-state index is 3.67. The molecule has 0 aromatic heterocycles. The van der Waals surface area contributed by atoms with Crippen LogP contribution in [0.3, 0.4) is 0 Å². The summed E-state index contributed by atoms with van der Waals surface area (Å²) >= 11 is 0. The number of aryl methyl sites for hydroxylation is 1. The van der Waals surface area contributed by atoms with Gasteiger partial charge in [0.25, 0.3) is 0 Å². The summed E-state index contributed by atoms with van der Waals surface area (Å²) in [6, 6.07) is 9.61. The Morgan fingerprint density at radius 1 is 1.20 bits per heavy atom. The van der Waals surface area contributed by atoms with Gasteiger partial charge in [-0.25, -0.2) is 0 Å². The Bertz CT molecular complexity index is 410. The van der Waals surface area contributed by atoms with Crippen LogP contribution in [0, 0.1) is 18.8 Å². The second-order valence-electron chi connectivity index (χ2n) is 6.87. The number of hydrogen-bond acceptors (Lipinski definition) is 1. The average molecular weight is 273 g/mol. The van der Waals surface area contributed by atoms with E-state index in [-0.39, 0.29) is 0 Å². The van der Waals surface area contributed by atoms with E-state index >= 15 is 0 Å². The topological polar surface area (TPSA) is 12.0 Å². The Labute approximate surface area is 125 Å². The average Bonchev–Trinajstić information content (AvgIpc) is 2.45. The summed E-state index contributed by atoms with van der Waals surface area (Å²) in [5.74, 6) is 2.48. The van der Waals surface area contributed by atoms with Crippen molar-refractivity contribution in [2.24, 2.45) is 11.8 Å². The molecule has 1 aliphatic rings. The molecule has 112 valence electrons. The van der Waals surface area contributed by atoms with Crippen molar-refractivity contribution in [1.29, 1.82) is 0 Å². The van der Waals surface area contributed by atoms with E-state index in [2.05, 4.69) is 57.3 Å². The van der Waals surface area contributed by atoms with E-state index in [1.54, 1.807) is 5.56 Å². The first-order valence-corrected chi connectivity index (χ1v) is 8.40. The largest absolute Gasteiger partial charge is 0.314 e. The smallest absolute Gasteiger partial charge is 0.00104 e. The van der Waals surface area contributed by atoms with Crippen LogP contribution in [0.5, 0.6) is 0 Å². The molecule has 20 heavy (non-hydrogen) atoms. The van der Waals surface area contributed by atoms with Crippen LogP contribution < -0.4 is 5.32 Å². The predicted octanol–water partition coefficient (Wildman–Crippen LogP) is 4.90. The fourth-order valence-corrected chi connectivity index (χ4v) is 3.71. The molecule has 1 aromatic rings.